The maximum atomic E-state index is 13.3. The first-order valence-corrected chi connectivity index (χ1v) is 7.76. The van der Waals surface area contributed by atoms with Gasteiger partial charge in [-0.2, -0.15) is 0 Å². The predicted molar refractivity (Wildman–Crippen MR) is 80.8 cm³/mol. The van der Waals surface area contributed by atoms with Gasteiger partial charge in [-0.1, -0.05) is 6.07 Å². The topological polar surface area (TPSA) is 44.4 Å². The molecule has 21 heavy (non-hydrogen) atoms. The molecule has 2 unspecified atom stereocenters. The van der Waals surface area contributed by atoms with Crippen molar-refractivity contribution in [2.24, 2.45) is 0 Å². The molecular weight excluding hydrogens is 269 g/mol. The largest absolute Gasteiger partial charge is 0.369 e. The van der Waals surface area contributed by atoms with Gasteiger partial charge in [0.15, 0.2) is 0 Å². The number of nitrogens with one attached hydrogen (secondary N) is 2. The molecule has 0 saturated carbocycles. The number of hydrogen-bond donors (Lipinski definition) is 2. The minimum atomic E-state index is -0.214. The predicted octanol–water partition coefficient (Wildman–Crippen LogP) is 1.66. The first kappa shape index (κ1) is 14.3. The first-order chi connectivity index (χ1) is 10.2. The average molecular weight is 291 g/mol. The smallest absolute Gasteiger partial charge is 0.237 e. The van der Waals surface area contributed by atoms with Gasteiger partial charge in [-0.15, -0.1) is 0 Å². The zero-order valence-electron chi connectivity index (χ0n) is 12.1. The molecular formula is C16H22FN3O. The van der Waals surface area contributed by atoms with E-state index in [0.717, 1.165) is 51.0 Å². The number of hydrogen-bond acceptors (Lipinski definition) is 3. The maximum Gasteiger partial charge on any atom is 0.237 e. The molecule has 0 spiro atoms. The van der Waals surface area contributed by atoms with E-state index in [1.807, 2.05) is 6.07 Å². The van der Waals surface area contributed by atoms with E-state index in [2.05, 4.69) is 15.5 Å². The molecule has 1 aromatic rings. The Bertz CT molecular complexity index is 502. The fourth-order valence-electron chi connectivity index (χ4n) is 3.21. The van der Waals surface area contributed by atoms with Gasteiger partial charge in [0.2, 0.25) is 5.91 Å². The molecule has 2 fully saturated rings. The van der Waals surface area contributed by atoms with E-state index in [0.29, 0.717) is 0 Å². The van der Waals surface area contributed by atoms with Crippen LogP contribution in [-0.4, -0.2) is 37.6 Å². The summed E-state index contributed by atoms with van der Waals surface area (Å²) in [5, 5.41) is 6.36. The highest BCUT2D eigenvalue weighted by molar-refractivity contribution is 5.82. The Morgan fingerprint density at radius 1 is 1.33 bits per heavy atom. The molecule has 1 amide bonds. The van der Waals surface area contributed by atoms with Crippen LogP contribution in [0, 0.1) is 5.82 Å². The van der Waals surface area contributed by atoms with Crippen LogP contribution in [0.2, 0.25) is 0 Å². The van der Waals surface area contributed by atoms with Crippen LogP contribution in [0.25, 0.3) is 0 Å². The molecule has 2 aliphatic rings. The zero-order chi connectivity index (χ0) is 14.7. The van der Waals surface area contributed by atoms with Gasteiger partial charge < -0.3 is 15.5 Å². The molecule has 2 aliphatic heterocycles. The minimum absolute atomic E-state index is 0.0328. The molecule has 0 bridgehead atoms. The summed E-state index contributed by atoms with van der Waals surface area (Å²) < 4.78 is 13.3. The Kier molecular flexibility index (Phi) is 4.39. The van der Waals surface area contributed by atoms with E-state index in [1.54, 1.807) is 12.1 Å². The summed E-state index contributed by atoms with van der Waals surface area (Å²) in [7, 11) is 0. The zero-order valence-corrected chi connectivity index (χ0v) is 12.1. The quantitative estimate of drug-likeness (QED) is 0.890. The van der Waals surface area contributed by atoms with Gasteiger partial charge in [0.05, 0.1) is 6.04 Å². The summed E-state index contributed by atoms with van der Waals surface area (Å²) in [6.07, 6.45) is 3.99. The molecule has 2 saturated heterocycles. The normalized spacial score (nSPS) is 25.9. The van der Waals surface area contributed by atoms with E-state index >= 15 is 0 Å². The Labute approximate surface area is 124 Å². The van der Waals surface area contributed by atoms with Crippen LogP contribution in [0.5, 0.6) is 0 Å². The van der Waals surface area contributed by atoms with E-state index in [9.17, 15) is 9.18 Å². The van der Waals surface area contributed by atoms with E-state index in [1.165, 1.54) is 6.07 Å². The Morgan fingerprint density at radius 2 is 2.24 bits per heavy atom. The number of anilines is 1. The number of rotatable bonds is 3. The van der Waals surface area contributed by atoms with Crippen molar-refractivity contribution in [2.45, 2.75) is 37.8 Å². The van der Waals surface area contributed by atoms with Crippen molar-refractivity contribution in [3.8, 4) is 0 Å². The molecule has 4 nitrogen and oxygen atoms in total. The summed E-state index contributed by atoms with van der Waals surface area (Å²) in [6, 6.07) is 6.79. The van der Waals surface area contributed by atoms with Crippen LogP contribution in [0.15, 0.2) is 24.3 Å². The van der Waals surface area contributed by atoms with Gasteiger partial charge in [-0.25, -0.2) is 4.39 Å². The summed E-state index contributed by atoms with van der Waals surface area (Å²) in [5.41, 5.74) is 0.896. The fourth-order valence-corrected chi connectivity index (χ4v) is 3.21. The highest BCUT2D eigenvalue weighted by atomic mass is 19.1. The molecule has 0 aromatic heterocycles. The lowest BCUT2D eigenvalue weighted by Gasteiger charge is -2.35. The lowest BCUT2D eigenvalue weighted by atomic mass is 10.0. The standard InChI is InChI=1S/C16H22FN3O/c17-12-4-1-6-14(10-12)20-9-3-5-13(11-20)19-16(21)15-7-2-8-18-15/h1,4,6,10,13,15,18H,2-3,5,7-9,11H2,(H,19,21). The molecule has 3 rings (SSSR count). The molecule has 2 heterocycles. The van der Waals surface area contributed by atoms with Crippen LogP contribution in [0.3, 0.4) is 0 Å². The van der Waals surface area contributed by atoms with Crippen molar-refractivity contribution in [3.05, 3.63) is 30.1 Å². The molecule has 2 N–H and O–H groups in total. The first-order valence-electron chi connectivity index (χ1n) is 7.76. The van der Waals surface area contributed by atoms with Crippen LogP contribution >= 0.6 is 0 Å². The Hall–Kier alpha value is -1.62. The van der Waals surface area contributed by atoms with Gasteiger partial charge in [0, 0.05) is 24.8 Å². The minimum Gasteiger partial charge on any atom is -0.369 e. The number of carbonyl (C=O) groups is 1. The Balaban J connectivity index is 1.59. The van der Waals surface area contributed by atoms with Crippen molar-refractivity contribution in [3.63, 3.8) is 0 Å². The number of amides is 1. The lowest BCUT2D eigenvalue weighted by molar-refractivity contribution is -0.123. The van der Waals surface area contributed by atoms with Crippen molar-refractivity contribution in [1.29, 1.82) is 0 Å². The third-order valence-corrected chi connectivity index (χ3v) is 4.32. The number of benzene rings is 1. The molecule has 2 atom stereocenters. The van der Waals surface area contributed by atoms with Crippen molar-refractivity contribution in [1.82, 2.24) is 10.6 Å². The van der Waals surface area contributed by atoms with E-state index in [-0.39, 0.29) is 23.8 Å². The monoisotopic (exact) mass is 291 g/mol. The number of halogens is 1. The van der Waals surface area contributed by atoms with Crippen LogP contribution < -0.4 is 15.5 Å². The van der Waals surface area contributed by atoms with Crippen LogP contribution in [0.1, 0.15) is 25.7 Å². The van der Waals surface area contributed by atoms with Crippen molar-refractivity contribution < 1.29 is 9.18 Å². The van der Waals surface area contributed by atoms with Gasteiger partial charge >= 0.3 is 0 Å². The number of piperidine rings is 1. The second kappa shape index (κ2) is 6.43. The number of nitrogens with zero attached hydrogens (tertiary/aromatic N) is 1. The second-order valence-electron chi connectivity index (χ2n) is 5.92. The molecule has 0 radical (unpaired) electrons. The highest BCUT2D eigenvalue weighted by Crippen LogP contribution is 2.21. The summed E-state index contributed by atoms with van der Waals surface area (Å²) >= 11 is 0. The lowest BCUT2D eigenvalue weighted by Crippen LogP contribution is -2.51. The summed E-state index contributed by atoms with van der Waals surface area (Å²) in [6.45, 7) is 2.59. The van der Waals surface area contributed by atoms with Crippen molar-refractivity contribution in [2.75, 3.05) is 24.5 Å². The van der Waals surface area contributed by atoms with E-state index < -0.39 is 0 Å². The van der Waals surface area contributed by atoms with Crippen LogP contribution in [-0.2, 0) is 4.79 Å². The third kappa shape index (κ3) is 3.53. The molecule has 1 aromatic carbocycles. The van der Waals surface area contributed by atoms with Gasteiger partial charge in [0.1, 0.15) is 5.82 Å². The Morgan fingerprint density at radius 3 is 3.00 bits per heavy atom. The summed E-state index contributed by atoms with van der Waals surface area (Å²) in [4.78, 5) is 14.3. The fraction of sp³-hybridized carbons (Fsp3) is 0.562. The maximum absolute atomic E-state index is 13.3. The highest BCUT2D eigenvalue weighted by Gasteiger charge is 2.26. The van der Waals surface area contributed by atoms with Gasteiger partial charge in [-0.05, 0) is 50.4 Å². The molecule has 5 heteroatoms. The second-order valence-corrected chi connectivity index (χ2v) is 5.92. The summed E-state index contributed by atoms with van der Waals surface area (Å²) in [5.74, 6) is -0.104. The van der Waals surface area contributed by atoms with E-state index in [4.69, 9.17) is 0 Å². The molecule has 114 valence electrons. The van der Waals surface area contributed by atoms with Crippen molar-refractivity contribution >= 4 is 11.6 Å². The van der Waals surface area contributed by atoms with Gasteiger partial charge in [-0.3, -0.25) is 4.79 Å². The third-order valence-electron chi connectivity index (χ3n) is 4.32. The van der Waals surface area contributed by atoms with Crippen LogP contribution in [0.4, 0.5) is 10.1 Å². The van der Waals surface area contributed by atoms with Gasteiger partial charge in [0.25, 0.3) is 0 Å². The number of carbonyl (C=O) groups excluding carboxylic acids is 1. The SMILES string of the molecule is O=C(NC1CCCN(c2cccc(F)c2)C1)C1CCCN1. The average Bonchev–Trinajstić information content (AvgIpc) is 3.02. The molecule has 0 aliphatic carbocycles.